The molecule has 1 radical (unpaired) electrons. The summed E-state index contributed by atoms with van der Waals surface area (Å²) in [6.45, 7) is 3.61. The molecule has 0 nitrogen and oxygen atoms in total. The number of hydrogen-bond acceptors (Lipinski definition) is 0. The zero-order chi connectivity index (χ0) is 6.69. The predicted molar refractivity (Wildman–Crippen MR) is 41.5 cm³/mol. The van der Waals surface area contributed by atoms with Crippen LogP contribution in [0.15, 0.2) is 30.8 Å². The quantitative estimate of drug-likeness (QED) is 0.614. The Kier molecular flexibility index (Phi) is 4.46. The molecule has 0 saturated heterocycles. The van der Waals surface area contributed by atoms with Crippen molar-refractivity contribution in [2.24, 2.45) is 0 Å². The third-order valence-electron chi connectivity index (χ3n) is 1.13. The van der Waals surface area contributed by atoms with Gasteiger partial charge in [0.15, 0.2) is 0 Å². The average Bonchev–Trinajstić information content (AvgIpc) is 1.89. The summed E-state index contributed by atoms with van der Waals surface area (Å²) in [6, 6.07) is 7.60. The molecule has 0 aromatic heterocycles. The fourth-order valence-electron chi connectivity index (χ4n) is 0.641. The minimum Gasteiger partial charge on any atom is -0.0984 e. The molecule has 0 aliphatic rings. The van der Waals surface area contributed by atoms with Crippen LogP contribution in [0, 0.1) is 0 Å². The van der Waals surface area contributed by atoms with E-state index in [0.717, 1.165) is 10.6 Å². The van der Waals surface area contributed by atoms with Crippen LogP contribution in [0.2, 0.25) is 5.02 Å². The van der Waals surface area contributed by atoms with Gasteiger partial charge in [-0.05, 0) is 11.6 Å². The normalized spacial score (nSPS) is 8.10. The molecular formula is C8H7ClCu. The molecule has 1 aromatic carbocycles. The van der Waals surface area contributed by atoms with Crippen molar-refractivity contribution in [2.75, 3.05) is 0 Å². The molecule has 0 N–H and O–H groups in total. The van der Waals surface area contributed by atoms with E-state index in [0.29, 0.717) is 0 Å². The second-order valence-electron chi connectivity index (χ2n) is 1.73. The summed E-state index contributed by atoms with van der Waals surface area (Å²) in [5.74, 6) is 0. The van der Waals surface area contributed by atoms with Crippen molar-refractivity contribution in [3.63, 3.8) is 0 Å². The fourth-order valence-corrected chi connectivity index (χ4v) is 0.854. The van der Waals surface area contributed by atoms with Gasteiger partial charge in [0.25, 0.3) is 0 Å². The molecule has 0 unspecified atom stereocenters. The van der Waals surface area contributed by atoms with Gasteiger partial charge in [-0.3, -0.25) is 0 Å². The third kappa shape index (κ3) is 2.18. The van der Waals surface area contributed by atoms with E-state index in [1.54, 1.807) is 6.08 Å². The molecule has 0 spiro atoms. The molecule has 0 atom stereocenters. The largest absolute Gasteiger partial charge is 0.0984 e. The molecule has 0 amide bonds. The topological polar surface area (TPSA) is 0 Å². The Morgan fingerprint density at radius 3 is 2.30 bits per heavy atom. The molecule has 0 heterocycles. The summed E-state index contributed by atoms with van der Waals surface area (Å²) in [7, 11) is 0. The van der Waals surface area contributed by atoms with Crippen molar-refractivity contribution in [2.45, 2.75) is 0 Å². The predicted octanol–water partition coefficient (Wildman–Crippen LogP) is 2.98. The molecule has 1 rings (SSSR count). The van der Waals surface area contributed by atoms with E-state index in [9.17, 15) is 0 Å². The van der Waals surface area contributed by atoms with Gasteiger partial charge in [-0.2, -0.15) is 0 Å². The monoisotopic (exact) mass is 201 g/mol. The number of benzene rings is 1. The standard InChI is InChI=1S/C8H7Cl.Cu/c1-2-7-5-3-4-6-8(7)9;/h2-6H,1H2;. The van der Waals surface area contributed by atoms with Crippen molar-refractivity contribution in [3.05, 3.63) is 41.4 Å². The van der Waals surface area contributed by atoms with Crippen LogP contribution in [-0.4, -0.2) is 0 Å². The van der Waals surface area contributed by atoms with Crippen LogP contribution in [0.5, 0.6) is 0 Å². The number of rotatable bonds is 1. The summed E-state index contributed by atoms with van der Waals surface area (Å²) in [5.41, 5.74) is 0.985. The molecular weight excluding hydrogens is 195 g/mol. The fraction of sp³-hybridized carbons (Fsp3) is 0. The molecule has 0 aliphatic carbocycles. The zero-order valence-electron chi connectivity index (χ0n) is 5.27. The first-order valence-electron chi connectivity index (χ1n) is 2.71. The van der Waals surface area contributed by atoms with Gasteiger partial charge in [-0.15, -0.1) is 0 Å². The van der Waals surface area contributed by atoms with E-state index in [-0.39, 0.29) is 17.1 Å². The Morgan fingerprint density at radius 2 is 1.90 bits per heavy atom. The van der Waals surface area contributed by atoms with Gasteiger partial charge >= 0.3 is 0 Å². The molecule has 1 aromatic rings. The van der Waals surface area contributed by atoms with Gasteiger partial charge < -0.3 is 0 Å². The smallest absolute Gasteiger partial charge is 0.0478 e. The van der Waals surface area contributed by atoms with E-state index < -0.39 is 0 Å². The van der Waals surface area contributed by atoms with Crippen molar-refractivity contribution < 1.29 is 17.1 Å². The zero-order valence-corrected chi connectivity index (χ0v) is 6.97. The number of hydrogen-bond donors (Lipinski definition) is 0. The van der Waals surface area contributed by atoms with E-state index in [1.807, 2.05) is 24.3 Å². The van der Waals surface area contributed by atoms with E-state index in [4.69, 9.17) is 11.6 Å². The Labute approximate surface area is 76.4 Å². The Balaban J connectivity index is 0.000000810. The average molecular weight is 202 g/mol. The van der Waals surface area contributed by atoms with Gasteiger partial charge in [-0.1, -0.05) is 42.5 Å². The van der Waals surface area contributed by atoms with E-state index in [1.165, 1.54) is 0 Å². The van der Waals surface area contributed by atoms with E-state index >= 15 is 0 Å². The molecule has 0 saturated carbocycles. The maximum absolute atomic E-state index is 5.75. The minimum atomic E-state index is 0. The first-order valence-corrected chi connectivity index (χ1v) is 3.09. The van der Waals surface area contributed by atoms with Gasteiger partial charge in [0, 0.05) is 22.1 Å². The van der Waals surface area contributed by atoms with Crippen molar-refractivity contribution in [3.8, 4) is 0 Å². The number of halogens is 1. The Morgan fingerprint density at radius 1 is 1.30 bits per heavy atom. The summed E-state index contributed by atoms with van der Waals surface area (Å²) >= 11 is 5.75. The second kappa shape index (κ2) is 4.56. The summed E-state index contributed by atoms with van der Waals surface area (Å²) in [5, 5.41) is 0.757. The molecule has 10 heavy (non-hydrogen) atoms. The SMILES string of the molecule is C=Cc1ccccc1Cl.[Cu]. The van der Waals surface area contributed by atoms with Crippen LogP contribution in [0.25, 0.3) is 6.08 Å². The maximum atomic E-state index is 5.75. The molecule has 57 valence electrons. The summed E-state index contributed by atoms with van der Waals surface area (Å²) in [4.78, 5) is 0. The minimum absolute atomic E-state index is 0. The summed E-state index contributed by atoms with van der Waals surface area (Å²) in [6.07, 6.45) is 1.74. The first-order chi connectivity index (χ1) is 4.34. The van der Waals surface area contributed by atoms with E-state index in [2.05, 4.69) is 6.58 Å². The van der Waals surface area contributed by atoms with Gasteiger partial charge in [0.05, 0.1) is 0 Å². The van der Waals surface area contributed by atoms with Crippen LogP contribution < -0.4 is 0 Å². The van der Waals surface area contributed by atoms with Crippen LogP contribution >= 0.6 is 11.6 Å². The third-order valence-corrected chi connectivity index (χ3v) is 1.47. The van der Waals surface area contributed by atoms with Gasteiger partial charge in [0.2, 0.25) is 0 Å². The summed E-state index contributed by atoms with van der Waals surface area (Å²) < 4.78 is 0. The van der Waals surface area contributed by atoms with Crippen LogP contribution in [0.4, 0.5) is 0 Å². The van der Waals surface area contributed by atoms with Crippen molar-refractivity contribution >= 4 is 17.7 Å². The Bertz CT molecular complexity index is 220. The molecule has 0 aliphatic heterocycles. The molecule has 0 fully saturated rings. The van der Waals surface area contributed by atoms with Gasteiger partial charge in [0.1, 0.15) is 0 Å². The first kappa shape index (κ1) is 9.77. The maximum Gasteiger partial charge on any atom is 0.0478 e. The van der Waals surface area contributed by atoms with Crippen LogP contribution in [0.3, 0.4) is 0 Å². The van der Waals surface area contributed by atoms with Gasteiger partial charge in [-0.25, -0.2) is 0 Å². The second-order valence-corrected chi connectivity index (χ2v) is 2.13. The van der Waals surface area contributed by atoms with Crippen LogP contribution in [0.1, 0.15) is 5.56 Å². The Hall–Kier alpha value is -0.231. The molecule has 0 bridgehead atoms. The van der Waals surface area contributed by atoms with Crippen molar-refractivity contribution in [1.29, 1.82) is 0 Å². The molecule has 2 heteroatoms. The van der Waals surface area contributed by atoms with Crippen molar-refractivity contribution in [1.82, 2.24) is 0 Å². The van der Waals surface area contributed by atoms with Crippen LogP contribution in [-0.2, 0) is 17.1 Å².